The zero-order chi connectivity index (χ0) is 17.9. The number of hydrogen-bond donors (Lipinski definition) is 0. The number of amides is 2. The summed E-state index contributed by atoms with van der Waals surface area (Å²) in [7, 11) is 0. The van der Waals surface area contributed by atoms with Crippen molar-refractivity contribution in [3.8, 4) is 0 Å². The molecule has 0 saturated carbocycles. The first-order valence-electron chi connectivity index (χ1n) is 9.26. The van der Waals surface area contributed by atoms with Gasteiger partial charge in [0.15, 0.2) is 5.72 Å². The number of nitrogens with zero attached hydrogens (tertiary/aromatic N) is 4. The highest BCUT2D eigenvalue weighted by atomic mass is 16.5. The Balaban J connectivity index is 1.34. The third-order valence-corrected chi connectivity index (χ3v) is 6.12. The lowest BCUT2D eigenvalue weighted by Gasteiger charge is -2.31. The van der Waals surface area contributed by atoms with Crippen LogP contribution in [0.1, 0.15) is 25.1 Å². The van der Waals surface area contributed by atoms with Crippen molar-refractivity contribution in [2.75, 3.05) is 19.7 Å². The van der Waals surface area contributed by atoms with Crippen LogP contribution in [0.3, 0.4) is 0 Å². The maximum atomic E-state index is 12.9. The van der Waals surface area contributed by atoms with Crippen LogP contribution in [0.4, 0.5) is 0 Å². The van der Waals surface area contributed by atoms with E-state index < -0.39 is 5.72 Å². The second-order valence-corrected chi connectivity index (χ2v) is 7.35. The number of benzene rings is 1. The molecule has 0 bridgehead atoms. The van der Waals surface area contributed by atoms with Gasteiger partial charge in [0.25, 0.3) is 0 Å². The molecule has 4 heterocycles. The van der Waals surface area contributed by atoms with E-state index in [-0.39, 0.29) is 17.9 Å². The number of aromatic nitrogens is 2. The van der Waals surface area contributed by atoms with Crippen molar-refractivity contribution < 1.29 is 14.3 Å². The molecule has 3 aliphatic rings. The van der Waals surface area contributed by atoms with Gasteiger partial charge in [-0.1, -0.05) is 12.1 Å². The Kier molecular flexibility index (Phi) is 3.37. The first-order chi connectivity index (χ1) is 12.6. The molecular formula is C19H22N4O3. The van der Waals surface area contributed by atoms with Crippen molar-refractivity contribution in [2.45, 2.75) is 44.5 Å². The molecular weight excluding hydrogens is 332 g/mol. The van der Waals surface area contributed by atoms with Gasteiger partial charge in [-0.25, -0.2) is 4.98 Å². The average molecular weight is 354 g/mol. The number of likely N-dealkylation sites (tertiary alicyclic amines) is 1. The van der Waals surface area contributed by atoms with E-state index in [0.29, 0.717) is 39.1 Å². The van der Waals surface area contributed by atoms with Gasteiger partial charge in [-0.3, -0.25) is 9.59 Å². The number of imidazole rings is 1. The molecule has 3 saturated heterocycles. The Labute approximate surface area is 151 Å². The number of ether oxygens (including phenoxy) is 1. The fraction of sp³-hybridized carbons (Fsp3) is 0.526. The Morgan fingerprint density at radius 3 is 3.08 bits per heavy atom. The summed E-state index contributed by atoms with van der Waals surface area (Å²) in [6.07, 6.45) is 1.52. The Hall–Kier alpha value is -2.41. The first kappa shape index (κ1) is 15.8. The summed E-state index contributed by atoms with van der Waals surface area (Å²) in [6.45, 7) is 4.45. The van der Waals surface area contributed by atoms with E-state index >= 15 is 0 Å². The molecule has 3 fully saturated rings. The molecule has 1 aromatic heterocycles. The van der Waals surface area contributed by atoms with Crippen molar-refractivity contribution in [3.63, 3.8) is 0 Å². The molecule has 0 aliphatic carbocycles. The summed E-state index contributed by atoms with van der Waals surface area (Å²) in [5.41, 5.74) is 1.45. The lowest BCUT2D eigenvalue weighted by molar-refractivity contribution is -0.139. The van der Waals surface area contributed by atoms with Gasteiger partial charge in [-0.05, 0) is 19.1 Å². The van der Waals surface area contributed by atoms with Gasteiger partial charge in [-0.2, -0.15) is 0 Å². The van der Waals surface area contributed by atoms with Crippen LogP contribution in [0.5, 0.6) is 0 Å². The maximum Gasteiger partial charge on any atom is 0.227 e. The van der Waals surface area contributed by atoms with Crippen LogP contribution < -0.4 is 0 Å². The minimum Gasteiger partial charge on any atom is -0.351 e. The van der Waals surface area contributed by atoms with Crippen LogP contribution >= 0.6 is 0 Å². The molecule has 0 radical (unpaired) electrons. The normalized spacial score (nSPS) is 27.4. The molecule has 1 spiro atoms. The Bertz CT molecular complexity index is 907. The van der Waals surface area contributed by atoms with Crippen molar-refractivity contribution in [2.24, 2.45) is 0 Å². The van der Waals surface area contributed by atoms with Gasteiger partial charge < -0.3 is 19.1 Å². The Morgan fingerprint density at radius 2 is 2.19 bits per heavy atom. The van der Waals surface area contributed by atoms with Gasteiger partial charge in [0, 0.05) is 32.5 Å². The minimum absolute atomic E-state index is 0.0919. The van der Waals surface area contributed by atoms with Crippen molar-refractivity contribution in [1.29, 1.82) is 0 Å². The molecule has 2 amide bonds. The van der Waals surface area contributed by atoms with Crippen LogP contribution in [0.15, 0.2) is 24.3 Å². The zero-order valence-electron chi connectivity index (χ0n) is 14.9. The zero-order valence-corrected chi connectivity index (χ0v) is 14.9. The molecule has 2 aromatic rings. The number of aryl methyl sites for hydroxylation is 2. The van der Waals surface area contributed by atoms with E-state index in [9.17, 15) is 9.59 Å². The van der Waals surface area contributed by atoms with E-state index in [4.69, 9.17) is 4.74 Å². The smallest absolute Gasteiger partial charge is 0.227 e. The van der Waals surface area contributed by atoms with E-state index in [2.05, 4.69) is 9.55 Å². The average Bonchev–Trinajstić information content (AvgIpc) is 3.33. The summed E-state index contributed by atoms with van der Waals surface area (Å²) < 4.78 is 8.06. The fourth-order valence-corrected chi connectivity index (χ4v) is 4.92. The number of carbonyl (C=O) groups excluding carboxylic acids is 2. The van der Waals surface area contributed by atoms with E-state index in [1.54, 1.807) is 0 Å². The number of rotatable bonds is 3. The molecule has 7 heteroatoms. The van der Waals surface area contributed by atoms with Crippen molar-refractivity contribution in [3.05, 3.63) is 30.1 Å². The van der Waals surface area contributed by atoms with Crippen LogP contribution in [-0.2, 0) is 20.9 Å². The van der Waals surface area contributed by atoms with Gasteiger partial charge in [0.1, 0.15) is 5.82 Å². The quantitative estimate of drug-likeness (QED) is 0.833. The van der Waals surface area contributed by atoms with Crippen molar-refractivity contribution in [1.82, 2.24) is 19.4 Å². The van der Waals surface area contributed by atoms with E-state index in [0.717, 1.165) is 23.3 Å². The molecule has 7 nitrogen and oxygen atoms in total. The topological polar surface area (TPSA) is 67.7 Å². The maximum absolute atomic E-state index is 12.9. The summed E-state index contributed by atoms with van der Waals surface area (Å²) in [5, 5.41) is 0. The predicted octanol–water partition coefficient (Wildman–Crippen LogP) is 1.29. The number of carbonyl (C=O) groups is 2. The van der Waals surface area contributed by atoms with Crippen LogP contribution in [-0.4, -0.2) is 62.6 Å². The van der Waals surface area contributed by atoms with Crippen molar-refractivity contribution >= 4 is 22.8 Å². The number of para-hydroxylation sites is 2. The monoisotopic (exact) mass is 354 g/mol. The van der Waals surface area contributed by atoms with Gasteiger partial charge in [0.05, 0.1) is 30.1 Å². The first-order valence-corrected chi connectivity index (χ1v) is 9.26. The summed E-state index contributed by atoms with van der Waals surface area (Å²) in [6, 6.07) is 7.84. The molecule has 0 N–H and O–H groups in total. The Morgan fingerprint density at radius 1 is 1.35 bits per heavy atom. The fourth-order valence-electron chi connectivity index (χ4n) is 4.92. The van der Waals surface area contributed by atoms with E-state index in [1.807, 2.05) is 41.0 Å². The highest BCUT2D eigenvalue weighted by molar-refractivity contribution is 5.85. The predicted molar refractivity (Wildman–Crippen MR) is 94.2 cm³/mol. The number of hydrogen-bond acceptors (Lipinski definition) is 4. The molecule has 0 unspecified atom stereocenters. The summed E-state index contributed by atoms with van der Waals surface area (Å²) in [5.74, 6) is 1.12. The third-order valence-electron chi connectivity index (χ3n) is 6.12. The third kappa shape index (κ3) is 2.06. The van der Waals surface area contributed by atoms with Gasteiger partial charge in [-0.15, -0.1) is 0 Å². The summed E-state index contributed by atoms with van der Waals surface area (Å²) >= 11 is 0. The molecule has 3 aliphatic heterocycles. The second kappa shape index (κ2) is 5.54. The SMILES string of the molecule is Cc1nc2ccccc2n1CCC(=O)N1CC[C@@]23OCCN2C(=O)C[C@@H]13. The summed E-state index contributed by atoms with van der Waals surface area (Å²) in [4.78, 5) is 33.5. The molecule has 5 rings (SSSR count). The van der Waals surface area contributed by atoms with Gasteiger partial charge in [0.2, 0.25) is 11.8 Å². The lowest BCUT2D eigenvalue weighted by Crippen LogP contribution is -2.48. The minimum atomic E-state index is -0.551. The molecule has 2 atom stereocenters. The highest BCUT2D eigenvalue weighted by Crippen LogP contribution is 2.45. The standard InChI is InChI=1S/C19H22N4O3/c1-13-20-14-4-2-3-5-15(14)21(13)8-6-17(24)22-9-7-19-16(22)12-18(25)23(19)10-11-26-19/h2-5,16H,6-12H2,1H3/t16-,19+/m1/s1. The second-order valence-electron chi connectivity index (χ2n) is 7.35. The van der Waals surface area contributed by atoms with Crippen LogP contribution in [0.25, 0.3) is 11.0 Å². The highest BCUT2D eigenvalue weighted by Gasteiger charge is 2.62. The van der Waals surface area contributed by atoms with Crippen LogP contribution in [0, 0.1) is 6.92 Å². The van der Waals surface area contributed by atoms with Crippen LogP contribution in [0.2, 0.25) is 0 Å². The molecule has 26 heavy (non-hydrogen) atoms. The lowest BCUT2D eigenvalue weighted by atomic mass is 10.1. The van der Waals surface area contributed by atoms with E-state index in [1.165, 1.54) is 0 Å². The molecule has 1 aromatic carbocycles. The van der Waals surface area contributed by atoms with Gasteiger partial charge >= 0.3 is 0 Å². The molecule has 136 valence electrons. The largest absolute Gasteiger partial charge is 0.351 e. The number of fused-ring (bicyclic) bond motifs is 1.